The Labute approximate surface area is 165 Å². The summed E-state index contributed by atoms with van der Waals surface area (Å²) in [7, 11) is 1.65. The number of imidazole rings is 1. The van der Waals surface area contributed by atoms with Gasteiger partial charge in [-0.05, 0) is 42.7 Å². The predicted molar refractivity (Wildman–Crippen MR) is 107 cm³/mol. The molecule has 0 N–H and O–H groups in total. The van der Waals surface area contributed by atoms with Crippen molar-refractivity contribution in [2.75, 3.05) is 20.2 Å². The summed E-state index contributed by atoms with van der Waals surface area (Å²) in [6, 6.07) is 13.5. The summed E-state index contributed by atoms with van der Waals surface area (Å²) >= 11 is 1.49. The number of hydrogen-bond acceptors (Lipinski definition) is 7. The van der Waals surface area contributed by atoms with Gasteiger partial charge in [0.25, 0.3) is 0 Å². The molecule has 0 fully saturated rings. The monoisotopic (exact) mass is 392 g/mol. The normalized spacial score (nSPS) is 12.5. The molecule has 0 radical (unpaired) electrons. The van der Waals surface area contributed by atoms with Gasteiger partial charge in [0, 0.05) is 17.8 Å². The van der Waals surface area contributed by atoms with Crippen molar-refractivity contribution in [2.45, 2.75) is 5.16 Å². The zero-order chi connectivity index (χ0) is 19.1. The Morgan fingerprint density at radius 1 is 1.04 bits per heavy atom. The van der Waals surface area contributed by atoms with Crippen LogP contribution in [-0.2, 0) is 0 Å². The van der Waals surface area contributed by atoms with Crippen molar-refractivity contribution in [1.82, 2.24) is 19.5 Å². The Morgan fingerprint density at radius 2 is 1.93 bits per heavy atom. The summed E-state index contributed by atoms with van der Waals surface area (Å²) in [6.45, 7) is 0.232. The first-order valence-electron chi connectivity index (χ1n) is 8.61. The van der Waals surface area contributed by atoms with Crippen molar-refractivity contribution in [1.29, 1.82) is 0 Å². The number of hydrogen-bond donors (Lipinski definition) is 0. The van der Waals surface area contributed by atoms with E-state index in [0.29, 0.717) is 10.9 Å². The van der Waals surface area contributed by atoms with Crippen molar-refractivity contribution >= 4 is 22.8 Å². The SMILES string of the molecule is COc1ccc2nc(-c3ccc4c(c3)OCO4)n(-c3ccnc(SC)n3)c2c1. The number of aromatic nitrogens is 4. The average molecular weight is 392 g/mol. The van der Waals surface area contributed by atoms with Gasteiger partial charge in [-0.15, -0.1) is 0 Å². The van der Waals surface area contributed by atoms with Gasteiger partial charge in [-0.1, -0.05) is 11.8 Å². The van der Waals surface area contributed by atoms with E-state index in [0.717, 1.165) is 39.7 Å². The molecule has 3 heterocycles. The third-order valence-electron chi connectivity index (χ3n) is 4.52. The van der Waals surface area contributed by atoms with E-state index in [2.05, 4.69) is 9.97 Å². The second-order valence-electron chi connectivity index (χ2n) is 6.10. The van der Waals surface area contributed by atoms with Crippen LogP contribution in [0.4, 0.5) is 0 Å². The zero-order valence-electron chi connectivity index (χ0n) is 15.2. The third-order valence-corrected chi connectivity index (χ3v) is 5.08. The largest absolute Gasteiger partial charge is 0.497 e. The molecular formula is C20H16N4O3S. The first-order valence-corrected chi connectivity index (χ1v) is 9.83. The topological polar surface area (TPSA) is 71.3 Å². The van der Waals surface area contributed by atoms with E-state index in [1.54, 1.807) is 13.3 Å². The number of rotatable bonds is 4. The highest BCUT2D eigenvalue weighted by Gasteiger charge is 2.20. The first kappa shape index (κ1) is 16.9. The number of methoxy groups -OCH3 is 1. The summed E-state index contributed by atoms with van der Waals surface area (Å²) in [5.74, 6) is 3.70. The van der Waals surface area contributed by atoms with Gasteiger partial charge in [-0.3, -0.25) is 4.57 Å². The molecule has 0 amide bonds. The van der Waals surface area contributed by atoms with Crippen LogP contribution in [-0.4, -0.2) is 39.7 Å². The number of ether oxygens (including phenoxy) is 3. The van der Waals surface area contributed by atoms with E-state index in [1.807, 2.05) is 53.3 Å². The molecule has 0 spiro atoms. The molecule has 0 atom stereocenters. The molecule has 28 heavy (non-hydrogen) atoms. The molecule has 1 aliphatic heterocycles. The Hall–Kier alpha value is -3.26. The molecule has 4 aromatic rings. The summed E-state index contributed by atoms with van der Waals surface area (Å²) in [5, 5.41) is 0.693. The first-order chi connectivity index (χ1) is 13.8. The van der Waals surface area contributed by atoms with E-state index in [1.165, 1.54) is 11.8 Å². The van der Waals surface area contributed by atoms with Crippen LogP contribution in [0.1, 0.15) is 0 Å². The Bertz CT molecular complexity index is 1190. The van der Waals surface area contributed by atoms with E-state index in [9.17, 15) is 0 Å². The van der Waals surface area contributed by atoms with E-state index >= 15 is 0 Å². The highest BCUT2D eigenvalue weighted by Crippen LogP contribution is 2.37. The molecule has 140 valence electrons. The lowest BCUT2D eigenvalue weighted by Crippen LogP contribution is -2.02. The number of nitrogens with zero attached hydrogens (tertiary/aromatic N) is 4. The van der Waals surface area contributed by atoms with Gasteiger partial charge in [0.2, 0.25) is 6.79 Å². The van der Waals surface area contributed by atoms with Crippen molar-refractivity contribution < 1.29 is 14.2 Å². The Morgan fingerprint density at radius 3 is 2.79 bits per heavy atom. The quantitative estimate of drug-likeness (QED) is 0.385. The molecule has 2 aromatic heterocycles. The van der Waals surface area contributed by atoms with E-state index < -0.39 is 0 Å². The number of benzene rings is 2. The lowest BCUT2D eigenvalue weighted by atomic mass is 10.2. The molecule has 0 saturated carbocycles. The molecule has 0 aliphatic carbocycles. The van der Waals surface area contributed by atoms with Crippen LogP contribution >= 0.6 is 11.8 Å². The van der Waals surface area contributed by atoms with Crippen molar-refractivity contribution in [3.05, 3.63) is 48.7 Å². The lowest BCUT2D eigenvalue weighted by Gasteiger charge is -2.10. The smallest absolute Gasteiger partial charge is 0.231 e. The summed E-state index contributed by atoms with van der Waals surface area (Å²) in [4.78, 5) is 13.8. The second kappa shape index (κ2) is 6.72. The third kappa shape index (κ3) is 2.73. The van der Waals surface area contributed by atoms with Crippen LogP contribution in [0.5, 0.6) is 17.2 Å². The van der Waals surface area contributed by atoms with Gasteiger partial charge in [0.15, 0.2) is 16.7 Å². The minimum atomic E-state index is 0.232. The predicted octanol–water partition coefficient (Wildman–Crippen LogP) is 3.94. The minimum Gasteiger partial charge on any atom is -0.497 e. The average Bonchev–Trinajstić information content (AvgIpc) is 3.36. The lowest BCUT2D eigenvalue weighted by molar-refractivity contribution is 0.174. The molecular weight excluding hydrogens is 376 g/mol. The maximum Gasteiger partial charge on any atom is 0.231 e. The van der Waals surface area contributed by atoms with Gasteiger partial charge < -0.3 is 14.2 Å². The molecule has 0 saturated heterocycles. The number of fused-ring (bicyclic) bond motifs is 2. The van der Waals surface area contributed by atoms with Gasteiger partial charge in [-0.2, -0.15) is 0 Å². The zero-order valence-corrected chi connectivity index (χ0v) is 16.1. The van der Waals surface area contributed by atoms with Crippen LogP contribution < -0.4 is 14.2 Å². The Balaban J connectivity index is 1.78. The van der Waals surface area contributed by atoms with Gasteiger partial charge in [-0.25, -0.2) is 15.0 Å². The van der Waals surface area contributed by atoms with Crippen LogP contribution in [0.15, 0.2) is 53.8 Å². The maximum atomic E-state index is 5.55. The van der Waals surface area contributed by atoms with Crippen molar-refractivity contribution in [2.24, 2.45) is 0 Å². The van der Waals surface area contributed by atoms with Crippen LogP contribution in [0.25, 0.3) is 28.2 Å². The number of thioether (sulfide) groups is 1. The van der Waals surface area contributed by atoms with Crippen LogP contribution in [0.2, 0.25) is 0 Å². The fraction of sp³-hybridized carbons (Fsp3) is 0.150. The van der Waals surface area contributed by atoms with Crippen LogP contribution in [0, 0.1) is 0 Å². The minimum absolute atomic E-state index is 0.232. The molecule has 7 nitrogen and oxygen atoms in total. The molecule has 8 heteroatoms. The standard InChI is InChI=1S/C20H16N4O3S/c1-25-13-4-5-14-15(10-13)24(18-7-8-21-20(23-18)28-2)19(22-14)12-3-6-16-17(9-12)27-11-26-16/h3-10H,11H2,1-2H3. The molecule has 0 bridgehead atoms. The molecule has 2 aromatic carbocycles. The maximum absolute atomic E-state index is 5.55. The van der Waals surface area contributed by atoms with Crippen molar-refractivity contribution in [3.63, 3.8) is 0 Å². The molecule has 5 rings (SSSR count). The fourth-order valence-corrected chi connectivity index (χ4v) is 3.55. The Kier molecular flexibility index (Phi) is 4.05. The highest BCUT2D eigenvalue weighted by atomic mass is 32.2. The molecule has 0 unspecified atom stereocenters. The highest BCUT2D eigenvalue weighted by molar-refractivity contribution is 7.98. The van der Waals surface area contributed by atoms with E-state index in [4.69, 9.17) is 19.2 Å². The summed E-state index contributed by atoms with van der Waals surface area (Å²) in [5.41, 5.74) is 2.65. The molecule has 1 aliphatic rings. The summed E-state index contributed by atoms with van der Waals surface area (Å²) < 4.78 is 18.4. The second-order valence-corrected chi connectivity index (χ2v) is 6.87. The van der Waals surface area contributed by atoms with Crippen LogP contribution in [0.3, 0.4) is 0 Å². The van der Waals surface area contributed by atoms with Gasteiger partial charge in [0.1, 0.15) is 17.4 Å². The summed E-state index contributed by atoms with van der Waals surface area (Å²) in [6.07, 6.45) is 3.70. The fourth-order valence-electron chi connectivity index (χ4n) is 3.20. The van der Waals surface area contributed by atoms with E-state index in [-0.39, 0.29) is 6.79 Å². The van der Waals surface area contributed by atoms with Gasteiger partial charge >= 0.3 is 0 Å². The van der Waals surface area contributed by atoms with Crippen molar-refractivity contribution in [3.8, 4) is 34.5 Å². The van der Waals surface area contributed by atoms with Gasteiger partial charge in [0.05, 0.1) is 18.1 Å².